The molecule has 0 aliphatic carbocycles. The van der Waals surface area contributed by atoms with Crippen LogP contribution in [0.15, 0.2) is 0 Å². The molecule has 3 N–H and O–H groups in total. The first-order valence-corrected chi connectivity index (χ1v) is 7.78. The lowest BCUT2D eigenvalue weighted by Crippen LogP contribution is -2.50. The summed E-state index contributed by atoms with van der Waals surface area (Å²) < 4.78 is 0. The summed E-state index contributed by atoms with van der Waals surface area (Å²) in [7, 11) is 0. The third kappa shape index (κ3) is 5.67. The van der Waals surface area contributed by atoms with Gasteiger partial charge in [0.15, 0.2) is 0 Å². The maximum Gasteiger partial charge on any atom is 0.314 e. The smallest absolute Gasteiger partial charge is 0.314 e. The first-order valence-electron chi connectivity index (χ1n) is 7.78. The van der Waals surface area contributed by atoms with Crippen molar-refractivity contribution in [3.05, 3.63) is 0 Å². The number of nitrogens with zero attached hydrogens (tertiary/aromatic N) is 1. The standard InChI is InChI=1S/C15H31N3O2/c1-5-18-9-7-6-8-12(18)10-16-14(20)17-11-13(19)15(2,3)4/h12-13,19H,5-11H2,1-4H3,(H2,16,17,20). The monoisotopic (exact) mass is 285 g/mol. The van der Waals surface area contributed by atoms with Crippen molar-refractivity contribution in [3.63, 3.8) is 0 Å². The fourth-order valence-electron chi connectivity index (χ4n) is 2.48. The molecule has 0 radical (unpaired) electrons. The van der Waals surface area contributed by atoms with Crippen LogP contribution < -0.4 is 10.6 Å². The van der Waals surface area contributed by atoms with Crippen LogP contribution in [-0.2, 0) is 0 Å². The van der Waals surface area contributed by atoms with E-state index >= 15 is 0 Å². The van der Waals surface area contributed by atoms with E-state index in [9.17, 15) is 9.90 Å². The molecule has 1 aliphatic rings. The number of aliphatic hydroxyl groups is 1. The summed E-state index contributed by atoms with van der Waals surface area (Å²) in [4.78, 5) is 14.2. The Morgan fingerprint density at radius 3 is 2.65 bits per heavy atom. The van der Waals surface area contributed by atoms with Crippen LogP contribution in [0.5, 0.6) is 0 Å². The molecule has 1 rings (SSSR count). The van der Waals surface area contributed by atoms with Crippen molar-refractivity contribution in [3.8, 4) is 0 Å². The molecule has 0 aromatic rings. The number of urea groups is 1. The van der Waals surface area contributed by atoms with Crippen LogP contribution in [0.2, 0.25) is 0 Å². The molecule has 2 amide bonds. The fourth-order valence-corrected chi connectivity index (χ4v) is 2.48. The highest BCUT2D eigenvalue weighted by Crippen LogP contribution is 2.18. The normalized spacial score (nSPS) is 22.4. The second-order valence-corrected chi connectivity index (χ2v) is 6.75. The predicted octanol–water partition coefficient (Wildman–Crippen LogP) is 1.57. The second kappa shape index (κ2) is 7.84. The number of carbonyl (C=O) groups excluding carboxylic acids is 1. The largest absolute Gasteiger partial charge is 0.391 e. The molecule has 5 nitrogen and oxygen atoms in total. The van der Waals surface area contributed by atoms with Crippen LogP contribution >= 0.6 is 0 Å². The summed E-state index contributed by atoms with van der Waals surface area (Å²) in [5.41, 5.74) is -0.213. The number of likely N-dealkylation sites (N-methyl/N-ethyl adjacent to an activating group) is 1. The van der Waals surface area contributed by atoms with E-state index in [1.807, 2.05) is 20.8 Å². The van der Waals surface area contributed by atoms with Crippen molar-refractivity contribution in [2.24, 2.45) is 5.41 Å². The lowest BCUT2D eigenvalue weighted by atomic mass is 9.89. The van der Waals surface area contributed by atoms with E-state index in [1.165, 1.54) is 12.8 Å². The molecular formula is C15H31N3O2. The summed E-state index contributed by atoms with van der Waals surface area (Å²) in [6.07, 6.45) is 3.12. The Kier molecular flexibility index (Phi) is 6.76. The average molecular weight is 285 g/mol. The van der Waals surface area contributed by atoms with Gasteiger partial charge in [0.1, 0.15) is 0 Å². The van der Waals surface area contributed by atoms with Crippen molar-refractivity contribution >= 4 is 6.03 Å². The van der Waals surface area contributed by atoms with Crippen LogP contribution in [0.1, 0.15) is 47.0 Å². The van der Waals surface area contributed by atoms with E-state index in [2.05, 4.69) is 22.5 Å². The molecule has 118 valence electrons. The number of carbonyl (C=O) groups is 1. The number of hydrogen-bond acceptors (Lipinski definition) is 3. The Bertz CT molecular complexity index is 302. The van der Waals surface area contributed by atoms with Gasteiger partial charge in [0.25, 0.3) is 0 Å². The number of piperidine rings is 1. The Morgan fingerprint density at radius 1 is 1.35 bits per heavy atom. The van der Waals surface area contributed by atoms with Crippen LogP contribution in [0.25, 0.3) is 0 Å². The zero-order valence-corrected chi connectivity index (χ0v) is 13.4. The maximum absolute atomic E-state index is 11.8. The number of likely N-dealkylation sites (tertiary alicyclic amines) is 1. The minimum Gasteiger partial charge on any atom is -0.391 e. The molecule has 0 aromatic heterocycles. The van der Waals surface area contributed by atoms with Crippen molar-refractivity contribution in [1.29, 1.82) is 0 Å². The molecule has 5 heteroatoms. The van der Waals surface area contributed by atoms with Gasteiger partial charge in [-0.15, -0.1) is 0 Å². The Balaban J connectivity index is 2.25. The number of hydrogen-bond donors (Lipinski definition) is 3. The van der Waals surface area contributed by atoms with Crippen molar-refractivity contribution in [1.82, 2.24) is 15.5 Å². The average Bonchev–Trinajstić information content (AvgIpc) is 2.41. The van der Waals surface area contributed by atoms with Gasteiger partial charge in [-0.2, -0.15) is 0 Å². The van der Waals surface area contributed by atoms with Gasteiger partial charge in [0.05, 0.1) is 6.10 Å². The molecule has 1 saturated heterocycles. The summed E-state index contributed by atoms with van der Waals surface area (Å²) in [6.45, 7) is 11.2. The first kappa shape index (κ1) is 17.2. The van der Waals surface area contributed by atoms with Crippen LogP contribution in [0.4, 0.5) is 4.79 Å². The molecule has 1 heterocycles. The van der Waals surface area contributed by atoms with Crippen LogP contribution in [0.3, 0.4) is 0 Å². The van der Waals surface area contributed by atoms with E-state index in [-0.39, 0.29) is 18.0 Å². The topological polar surface area (TPSA) is 64.6 Å². The summed E-state index contributed by atoms with van der Waals surface area (Å²) >= 11 is 0. The van der Waals surface area contributed by atoms with E-state index in [0.717, 1.165) is 19.5 Å². The van der Waals surface area contributed by atoms with Crippen molar-refractivity contribution < 1.29 is 9.90 Å². The van der Waals surface area contributed by atoms with Crippen molar-refractivity contribution in [2.45, 2.75) is 59.1 Å². The highest BCUT2D eigenvalue weighted by molar-refractivity contribution is 5.73. The zero-order valence-electron chi connectivity index (χ0n) is 13.4. The molecule has 20 heavy (non-hydrogen) atoms. The lowest BCUT2D eigenvalue weighted by molar-refractivity contribution is 0.0648. The molecule has 0 bridgehead atoms. The van der Waals surface area contributed by atoms with Gasteiger partial charge < -0.3 is 15.7 Å². The third-order valence-electron chi connectivity index (χ3n) is 4.11. The van der Waals surface area contributed by atoms with Gasteiger partial charge in [0.2, 0.25) is 0 Å². The Hall–Kier alpha value is -0.810. The molecule has 0 saturated carbocycles. The molecular weight excluding hydrogens is 254 g/mol. The third-order valence-corrected chi connectivity index (χ3v) is 4.11. The maximum atomic E-state index is 11.8. The van der Waals surface area contributed by atoms with Gasteiger partial charge in [-0.05, 0) is 31.3 Å². The van der Waals surface area contributed by atoms with Gasteiger partial charge in [0, 0.05) is 19.1 Å². The Labute approximate surface area is 123 Å². The van der Waals surface area contributed by atoms with E-state index in [4.69, 9.17) is 0 Å². The van der Waals surface area contributed by atoms with Crippen LogP contribution in [-0.4, -0.2) is 54.4 Å². The van der Waals surface area contributed by atoms with E-state index in [0.29, 0.717) is 12.6 Å². The minimum absolute atomic E-state index is 0.185. The zero-order chi connectivity index (χ0) is 15.2. The molecule has 2 atom stereocenters. The summed E-state index contributed by atoms with van der Waals surface area (Å²) in [5, 5.41) is 15.5. The highest BCUT2D eigenvalue weighted by atomic mass is 16.3. The van der Waals surface area contributed by atoms with E-state index in [1.54, 1.807) is 0 Å². The lowest BCUT2D eigenvalue weighted by Gasteiger charge is -2.35. The predicted molar refractivity (Wildman–Crippen MR) is 81.7 cm³/mol. The van der Waals surface area contributed by atoms with Gasteiger partial charge in [-0.25, -0.2) is 4.79 Å². The van der Waals surface area contributed by atoms with Crippen LogP contribution in [0, 0.1) is 5.41 Å². The SMILES string of the molecule is CCN1CCCCC1CNC(=O)NCC(O)C(C)(C)C. The highest BCUT2D eigenvalue weighted by Gasteiger charge is 2.23. The summed E-state index contributed by atoms with van der Waals surface area (Å²) in [6, 6.07) is 0.266. The number of nitrogens with one attached hydrogen (secondary N) is 2. The van der Waals surface area contributed by atoms with Crippen molar-refractivity contribution in [2.75, 3.05) is 26.2 Å². The van der Waals surface area contributed by atoms with E-state index < -0.39 is 6.10 Å². The molecule has 0 spiro atoms. The van der Waals surface area contributed by atoms with Gasteiger partial charge in [-0.3, -0.25) is 4.90 Å². The number of amides is 2. The molecule has 0 aromatic carbocycles. The molecule has 2 unspecified atom stereocenters. The van der Waals surface area contributed by atoms with Gasteiger partial charge >= 0.3 is 6.03 Å². The first-order chi connectivity index (χ1) is 9.34. The second-order valence-electron chi connectivity index (χ2n) is 6.75. The number of rotatable bonds is 5. The Morgan fingerprint density at radius 2 is 2.05 bits per heavy atom. The minimum atomic E-state index is -0.532. The number of aliphatic hydroxyl groups excluding tert-OH is 1. The molecule has 1 aliphatic heterocycles. The van der Waals surface area contributed by atoms with Gasteiger partial charge in [-0.1, -0.05) is 34.1 Å². The summed E-state index contributed by atoms with van der Waals surface area (Å²) in [5.74, 6) is 0. The quantitative estimate of drug-likeness (QED) is 0.718. The molecule has 1 fully saturated rings. The fraction of sp³-hybridized carbons (Fsp3) is 0.933.